The number of ether oxygens (including phenoxy) is 2. The first-order chi connectivity index (χ1) is 12.7. The fourth-order valence-electron chi connectivity index (χ4n) is 3.00. The van der Waals surface area contributed by atoms with Gasteiger partial charge in [0.25, 0.3) is 0 Å². The Kier molecular flexibility index (Phi) is 4.53. The van der Waals surface area contributed by atoms with Gasteiger partial charge in [-0.15, -0.1) is 0 Å². The summed E-state index contributed by atoms with van der Waals surface area (Å²) in [5.41, 5.74) is 2.27. The molecule has 0 aliphatic carbocycles. The first-order valence-corrected chi connectivity index (χ1v) is 8.62. The van der Waals surface area contributed by atoms with Gasteiger partial charge in [-0.25, -0.2) is 14.3 Å². The van der Waals surface area contributed by atoms with Gasteiger partial charge in [0, 0.05) is 30.6 Å². The van der Waals surface area contributed by atoms with Crippen molar-refractivity contribution in [3.05, 3.63) is 48.4 Å². The van der Waals surface area contributed by atoms with Crippen LogP contribution in [0.4, 0.5) is 0 Å². The zero-order valence-corrected chi connectivity index (χ0v) is 14.2. The Morgan fingerprint density at radius 2 is 2.12 bits per heavy atom. The topological polar surface area (TPSA) is 86.0 Å². The highest BCUT2D eigenvalue weighted by Crippen LogP contribution is 2.23. The summed E-state index contributed by atoms with van der Waals surface area (Å²) in [6, 6.07) is 9.15. The van der Waals surface area contributed by atoms with E-state index in [0.29, 0.717) is 12.3 Å². The van der Waals surface area contributed by atoms with E-state index in [9.17, 15) is 4.79 Å². The Morgan fingerprint density at radius 3 is 2.85 bits per heavy atom. The van der Waals surface area contributed by atoms with Crippen molar-refractivity contribution in [3.8, 4) is 16.9 Å². The van der Waals surface area contributed by atoms with E-state index in [-0.39, 0.29) is 11.8 Å². The lowest BCUT2D eigenvalue weighted by Crippen LogP contribution is -2.25. The van der Waals surface area contributed by atoms with Crippen LogP contribution in [0.3, 0.4) is 0 Å². The second kappa shape index (κ2) is 7.13. The van der Waals surface area contributed by atoms with Crippen LogP contribution in [0.1, 0.15) is 29.8 Å². The zero-order valence-electron chi connectivity index (χ0n) is 14.2. The third-order valence-electron chi connectivity index (χ3n) is 4.43. The smallest absolute Gasteiger partial charge is 0.356 e. The summed E-state index contributed by atoms with van der Waals surface area (Å²) in [6.45, 7) is 1.39. The number of carboxylic acids is 1. The minimum Gasteiger partial charge on any atom is -0.491 e. The molecule has 0 amide bonds. The molecule has 1 unspecified atom stereocenters. The van der Waals surface area contributed by atoms with Crippen LogP contribution in [0, 0.1) is 0 Å². The zero-order chi connectivity index (χ0) is 17.9. The van der Waals surface area contributed by atoms with E-state index in [1.54, 1.807) is 12.4 Å². The molecule has 4 rings (SSSR count). The van der Waals surface area contributed by atoms with E-state index in [2.05, 4.69) is 10.1 Å². The summed E-state index contributed by atoms with van der Waals surface area (Å²) in [4.78, 5) is 15.3. The van der Waals surface area contributed by atoms with Crippen molar-refractivity contribution >= 4 is 11.6 Å². The van der Waals surface area contributed by atoms with Gasteiger partial charge < -0.3 is 14.6 Å². The van der Waals surface area contributed by atoms with Crippen LogP contribution in [-0.4, -0.2) is 45.0 Å². The quantitative estimate of drug-likeness (QED) is 0.759. The Hall–Kier alpha value is -2.93. The molecule has 1 aliphatic heterocycles. The van der Waals surface area contributed by atoms with Crippen LogP contribution in [0.15, 0.2) is 42.7 Å². The number of nitrogens with zero attached hydrogens (tertiary/aromatic N) is 3. The van der Waals surface area contributed by atoms with Crippen molar-refractivity contribution in [2.45, 2.75) is 25.4 Å². The molecule has 3 heterocycles. The number of fused-ring (bicyclic) bond motifs is 1. The molecule has 0 radical (unpaired) electrons. The highest BCUT2D eigenvalue weighted by molar-refractivity contribution is 5.86. The molecule has 0 bridgehead atoms. The van der Waals surface area contributed by atoms with Crippen LogP contribution in [0.5, 0.6) is 5.75 Å². The van der Waals surface area contributed by atoms with E-state index in [1.807, 2.05) is 24.3 Å². The van der Waals surface area contributed by atoms with Crippen LogP contribution < -0.4 is 4.74 Å². The highest BCUT2D eigenvalue weighted by Gasteiger charge is 2.14. The highest BCUT2D eigenvalue weighted by atomic mass is 16.5. The lowest BCUT2D eigenvalue weighted by atomic mass is 10.1. The Labute approximate surface area is 150 Å². The van der Waals surface area contributed by atoms with Crippen LogP contribution in [0.2, 0.25) is 0 Å². The summed E-state index contributed by atoms with van der Waals surface area (Å²) >= 11 is 0. The molecule has 2 aromatic heterocycles. The van der Waals surface area contributed by atoms with Crippen molar-refractivity contribution in [3.63, 3.8) is 0 Å². The van der Waals surface area contributed by atoms with Gasteiger partial charge in [0.2, 0.25) is 0 Å². The third-order valence-corrected chi connectivity index (χ3v) is 4.43. The molecular weight excluding hydrogens is 334 g/mol. The van der Waals surface area contributed by atoms with Gasteiger partial charge in [0.1, 0.15) is 12.4 Å². The molecule has 1 aliphatic rings. The molecule has 3 aromatic rings. The minimum absolute atomic E-state index is 0.0247. The third kappa shape index (κ3) is 3.52. The largest absolute Gasteiger partial charge is 0.491 e. The summed E-state index contributed by atoms with van der Waals surface area (Å²) in [5.74, 6) is -0.273. The van der Waals surface area contributed by atoms with Gasteiger partial charge in [-0.05, 0) is 37.0 Å². The van der Waals surface area contributed by atoms with Gasteiger partial charge in [-0.2, -0.15) is 5.10 Å². The maximum Gasteiger partial charge on any atom is 0.356 e. The van der Waals surface area contributed by atoms with Crippen molar-refractivity contribution in [1.82, 2.24) is 14.6 Å². The molecule has 7 nitrogen and oxygen atoms in total. The summed E-state index contributed by atoms with van der Waals surface area (Å²) < 4.78 is 13.0. The van der Waals surface area contributed by atoms with Crippen LogP contribution >= 0.6 is 0 Å². The van der Waals surface area contributed by atoms with Crippen molar-refractivity contribution in [2.75, 3.05) is 13.2 Å². The number of carboxylic acid groups (broad SMARTS) is 1. The first-order valence-electron chi connectivity index (χ1n) is 8.62. The van der Waals surface area contributed by atoms with E-state index in [4.69, 9.17) is 14.6 Å². The fraction of sp³-hybridized carbons (Fsp3) is 0.316. The standard InChI is InChI=1S/C19H19N3O4/c23-19(24)17-9-18-20-10-14(11-22(18)21-17)13-4-6-15(7-5-13)26-12-16-3-1-2-8-25-16/h4-7,9-11,16H,1-3,8,12H2,(H,23,24). The number of hydrogen-bond donors (Lipinski definition) is 1. The number of hydrogen-bond acceptors (Lipinski definition) is 5. The van der Waals surface area contributed by atoms with Crippen molar-refractivity contribution in [1.29, 1.82) is 0 Å². The van der Waals surface area contributed by atoms with Gasteiger partial charge >= 0.3 is 5.97 Å². The first kappa shape index (κ1) is 16.5. The molecule has 134 valence electrons. The number of rotatable bonds is 5. The minimum atomic E-state index is -1.07. The van der Waals surface area contributed by atoms with Crippen molar-refractivity contribution < 1.29 is 19.4 Å². The molecule has 1 aromatic carbocycles. The van der Waals surface area contributed by atoms with E-state index in [1.165, 1.54) is 17.0 Å². The van der Waals surface area contributed by atoms with E-state index >= 15 is 0 Å². The molecule has 7 heteroatoms. The van der Waals surface area contributed by atoms with Gasteiger partial charge in [0.05, 0.1) is 6.10 Å². The fourth-order valence-corrected chi connectivity index (χ4v) is 3.00. The molecule has 0 saturated carbocycles. The summed E-state index contributed by atoms with van der Waals surface area (Å²) in [6.07, 6.45) is 7.02. The predicted molar refractivity (Wildman–Crippen MR) is 94.5 cm³/mol. The van der Waals surface area contributed by atoms with Gasteiger partial charge in [-0.1, -0.05) is 12.1 Å². The maximum atomic E-state index is 11.0. The molecule has 26 heavy (non-hydrogen) atoms. The SMILES string of the molecule is O=C(O)c1cc2ncc(-c3ccc(OCC4CCCCO4)cc3)cn2n1. The molecule has 1 atom stereocenters. The van der Waals surface area contributed by atoms with Crippen LogP contribution in [0.25, 0.3) is 16.8 Å². The van der Waals surface area contributed by atoms with E-state index in [0.717, 1.165) is 36.3 Å². The molecule has 1 N–H and O–H groups in total. The maximum absolute atomic E-state index is 11.0. The van der Waals surface area contributed by atoms with Crippen LogP contribution in [-0.2, 0) is 4.74 Å². The number of aromatic nitrogens is 3. The lowest BCUT2D eigenvalue weighted by molar-refractivity contribution is -0.0110. The lowest BCUT2D eigenvalue weighted by Gasteiger charge is -2.22. The van der Waals surface area contributed by atoms with Gasteiger partial charge in [0.15, 0.2) is 11.3 Å². The number of aromatic carboxylic acids is 1. The number of carbonyl (C=O) groups is 1. The Morgan fingerprint density at radius 1 is 1.27 bits per heavy atom. The predicted octanol–water partition coefficient (Wildman–Crippen LogP) is 3.04. The molecular formula is C19H19N3O4. The summed E-state index contributed by atoms with van der Waals surface area (Å²) in [7, 11) is 0. The Balaban J connectivity index is 1.47. The second-order valence-corrected chi connectivity index (χ2v) is 6.30. The normalized spacial score (nSPS) is 17.3. The monoisotopic (exact) mass is 353 g/mol. The molecule has 0 spiro atoms. The van der Waals surface area contributed by atoms with Gasteiger partial charge in [-0.3, -0.25) is 0 Å². The number of benzene rings is 1. The van der Waals surface area contributed by atoms with Crippen molar-refractivity contribution in [2.24, 2.45) is 0 Å². The molecule has 1 saturated heterocycles. The molecule has 1 fully saturated rings. The Bertz CT molecular complexity index is 914. The average molecular weight is 353 g/mol. The second-order valence-electron chi connectivity index (χ2n) is 6.30. The van der Waals surface area contributed by atoms with E-state index < -0.39 is 5.97 Å². The average Bonchev–Trinajstić information content (AvgIpc) is 3.11. The summed E-state index contributed by atoms with van der Waals surface area (Å²) in [5, 5.41) is 13.0.